The Balaban J connectivity index is 1.25. The van der Waals surface area contributed by atoms with Gasteiger partial charge in [-0.1, -0.05) is 104 Å². The van der Waals surface area contributed by atoms with Gasteiger partial charge in [0.05, 0.1) is 22.3 Å². The molecule has 2 unspecified atom stereocenters. The molecular formula is C80H72N4O12. The van der Waals surface area contributed by atoms with Crippen molar-refractivity contribution in [1.82, 2.24) is 19.8 Å². The quantitative estimate of drug-likeness (QED) is 0.0413. The molecule has 11 aromatic rings. The van der Waals surface area contributed by atoms with Crippen LogP contribution in [0.5, 0.6) is 46.0 Å². The van der Waals surface area contributed by atoms with Gasteiger partial charge in [-0.15, -0.1) is 0 Å². The van der Waals surface area contributed by atoms with Crippen molar-refractivity contribution in [3.63, 3.8) is 0 Å². The second-order valence-corrected chi connectivity index (χ2v) is 26.6. The monoisotopic (exact) mass is 1280 g/mol. The van der Waals surface area contributed by atoms with Crippen molar-refractivity contribution in [1.29, 1.82) is 0 Å². The smallest absolute Gasteiger partial charge is 0.327 e. The number of rotatable bonds is 20. The van der Waals surface area contributed by atoms with E-state index in [-0.39, 0.29) is 125 Å². The first-order chi connectivity index (χ1) is 45.9. The fourth-order valence-corrected chi connectivity index (χ4v) is 13.6. The molecule has 0 radical (unpaired) electrons. The maximum Gasteiger partial charge on any atom is 0.327 e. The normalized spacial score (nSPS) is 13.8. The van der Waals surface area contributed by atoms with Crippen LogP contribution in [0, 0.1) is 27.7 Å². The largest absolute Gasteiger partial charge is 0.480 e. The van der Waals surface area contributed by atoms with Gasteiger partial charge in [-0.25, -0.2) is 9.59 Å². The van der Waals surface area contributed by atoms with Crippen molar-refractivity contribution in [3.8, 4) is 46.0 Å². The summed E-state index contributed by atoms with van der Waals surface area (Å²) in [6, 6.07) is 32.4. The lowest BCUT2D eigenvalue weighted by molar-refractivity contribution is -0.142. The average molecular weight is 1280 g/mol. The number of benzene rings is 9. The minimum atomic E-state index is -1.72. The minimum Gasteiger partial charge on any atom is -0.480 e. The summed E-state index contributed by atoms with van der Waals surface area (Å²) >= 11 is 0. The molecular weight excluding hydrogens is 1210 g/mol. The number of pyridine rings is 2. The predicted molar refractivity (Wildman–Crippen MR) is 369 cm³/mol. The Kier molecular flexibility index (Phi) is 16.4. The Bertz CT molecular complexity index is 4510. The number of aryl methyl sites for hydroxylation is 4. The van der Waals surface area contributed by atoms with E-state index in [9.17, 15) is 19.8 Å². The molecule has 2 aliphatic rings. The van der Waals surface area contributed by atoms with Crippen molar-refractivity contribution < 1.29 is 57.9 Å². The van der Waals surface area contributed by atoms with E-state index in [2.05, 4.69) is 65.4 Å². The van der Waals surface area contributed by atoms with Crippen LogP contribution in [0.2, 0.25) is 0 Å². The molecule has 2 atom stereocenters. The van der Waals surface area contributed by atoms with E-state index in [1.54, 1.807) is 24.3 Å². The highest BCUT2D eigenvalue weighted by atomic mass is 16.5. The maximum atomic E-state index is 16.1. The molecule has 484 valence electrons. The number of carbonyl (C=O) groups excluding carboxylic acids is 4. The van der Waals surface area contributed by atoms with E-state index < -0.39 is 47.7 Å². The lowest BCUT2D eigenvalue weighted by Crippen LogP contribution is -2.51. The van der Waals surface area contributed by atoms with E-state index in [1.165, 1.54) is 49.1 Å². The molecule has 2 N–H and O–H groups in total. The molecule has 0 bridgehead atoms. The third-order valence-corrected chi connectivity index (χ3v) is 18.9. The fourth-order valence-electron chi connectivity index (χ4n) is 13.6. The molecule has 0 aliphatic carbocycles. The second-order valence-electron chi connectivity index (χ2n) is 26.6. The topological polar surface area (TPSA) is 212 Å². The second kappa shape index (κ2) is 24.7. The summed E-state index contributed by atoms with van der Waals surface area (Å²) in [7, 11) is 0. The summed E-state index contributed by atoms with van der Waals surface area (Å²) in [6.45, 7) is 24.3. The minimum absolute atomic E-state index is 0.0485. The summed E-state index contributed by atoms with van der Waals surface area (Å²) in [5.74, 6) is -4.29. The molecule has 16 nitrogen and oxygen atoms in total. The standard InChI is InChI=1S/C80H72N4O12/c1-39(2)49-13-17-59(43(9)29-49)93-63-35-53-67-54(76(86)83(75(53)85)57(79(89)90)33-47-21-25-81-26-22-47)37-65(95-61-19-15-51(41(5)6)31-45(61)11)71-72-66(96-62-20-16-52(42(7)8)32-46(62)12)38-56-68-55(77(87)84(78(56)88)58(80(91)92)34-48-23-27-82-28-24-48)36-64(70(74(68)72)69(63)73(67)71)94-60-18-14-50(40(3)4)30-44(60)10/h13-32,35-42,57-58H,33-34H2,1-12H3,(H,89,90)(H,91,92). The van der Waals surface area contributed by atoms with Crippen molar-refractivity contribution in [2.24, 2.45) is 0 Å². The first kappa shape index (κ1) is 63.7. The molecule has 0 spiro atoms. The SMILES string of the molecule is Cc1cc(C(C)C)ccc1Oc1cc2c3c(cc(Oc4ccc(C(C)C)cc4C)c4c5c(Oc6ccc(C(C)C)cc6C)cc6c7c(cc(Oc8ccc(C(C)C)cc8C)c(c1c34)c75)C(=O)N(C(Cc1ccncc1)C(=O)O)C6=O)C(=O)N(C(Cc1ccncc1)C(=O)O)C2=O. The van der Waals surface area contributed by atoms with Gasteiger partial charge in [0.25, 0.3) is 23.6 Å². The van der Waals surface area contributed by atoms with Crippen LogP contribution in [0.15, 0.2) is 146 Å². The highest BCUT2D eigenvalue weighted by Crippen LogP contribution is 2.59. The molecule has 16 heteroatoms. The van der Waals surface area contributed by atoms with E-state index in [1.807, 2.05) is 100 Å². The van der Waals surface area contributed by atoms with Crippen LogP contribution in [0.4, 0.5) is 0 Å². The molecule has 2 aliphatic heterocycles. The summed E-state index contributed by atoms with van der Waals surface area (Å²) in [5, 5.41) is 24.2. The Hall–Kier alpha value is -11.0. The molecule has 0 saturated heterocycles. The van der Waals surface area contributed by atoms with E-state index in [4.69, 9.17) is 18.9 Å². The average Bonchev–Trinajstić information content (AvgIpc) is 0.672. The van der Waals surface area contributed by atoms with Gasteiger partial charge in [0.1, 0.15) is 58.1 Å². The number of carboxylic acid groups (broad SMARTS) is 2. The van der Waals surface area contributed by atoms with Crippen molar-refractivity contribution in [3.05, 3.63) is 224 Å². The Morgan fingerprint density at radius 1 is 0.344 bits per heavy atom. The van der Waals surface area contributed by atoms with Crippen LogP contribution < -0.4 is 18.9 Å². The van der Waals surface area contributed by atoms with Gasteiger partial charge in [-0.05, 0) is 180 Å². The van der Waals surface area contributed by atoms with Crippen LogP contribution in [0.1, 0.15) is 176 Å². The van der Waals surface area contributed by atoms with E-state index in [0.29, 0.717) is 34.1 Å². The predicted octanol–water partition coefficient (Wildman–Crippen LogP) is 18.0. The van der Waals surface area contributed by atoms with E-state index >= 15 is 19.2 Å². The number of amides is 4. The fraction of sp³-hybridized carbons (Fsp3) is 0.250. The van der Waals surface area contributed by atoms with Crippen molar-refractivity contribution >= 4 is 78.7 Å². The van der Waals surface area contributed by atoms with Crippen LogP contribution >= 0.6 is 0 Å². The third-order valence-electron chi connectivity index (χ3n) is 18.9. The van der Waals surface area contributed by atoms with Gasteiger partial charge < -0.3 is 29.2 Å². The molecule has 13 rings (SSSR count). The van der Waals surface area contributed by atoms with Crippen molar-refractivity contribution in [2.75, 3.05) is 0 Å². The maximum absolute atomic E-state index is 16.1. The first-order valence-electron chi connectivity index (χ1n) is 32.4. The van der Waals surface area contributed by atoms with Gasteiger partial charge in [0, 0.05) is 80.7 Å². The number of aliphatic carboxylic acids is 2. The summed E-state index contributed by atoms with van der Waals surface area (Å²) in [5.41, 5.74) is 7.72. The Morgan fingerprint density at radius 3 is 0.792 bits per heavy atom. The lowest BCUT2D eigenvalue weighted by Gasteiger charge is -2.35. The lowest BCUT2D eigenvalue weighted by atomic mass is 9.80. The van der Waals surface area contributed by atoms with Gasteiger partial charge in [-0.3, -0.25) is 38.9 Å². The zero-order chi connectivity index (χ0) is 68.0. The first-order valence-corrected chi connectivity index (χ1v) is 32.4. The zero-order valence-electron chi connectivity index (χ0n) is 55.5. The van der Waals surface area contributed by atoms with Crippen LogP contribution in [-0.4, -0.2) is 77.6 Å². The van der Waals surface area contributed by atoms with E-state index in [0.717, 1.165) is 54.3 Å². The number of carbonyl (C=O) groups is 6. The number of aromatic nitrogens is 2. The third kappa shape index (κ3) is 11.0. The van der Waals surface area contributed by atoms with Gasteiger partial charge in [-0.2, -0.15) is 0 Å². The molecule has 0 fully saturated rings. The summed E-state index contributed by atoms with van der Waals surface area (Å²) in [6.07, 6.45) is 5.52. The number of carboxylic acids is 2. The van der Waals surface area contributed by atoms with Gasteiger partial charge in [0.15, 0.2) is 0 Å². The Morgan fingerprint density at radius 2 is 0.583 bits per heavy atom. The van der Waals surface area contributed by atoms with Crippen LogP contribution in [0.25, 0.3) is 43.1 Å². The number of imide groups is 2. The van der Waals surface area contributed by atoms with Gasteiger partial charge in [0.2, 0.25) is 0 Å². The van der Waals surface area contributed by atoms with Crippen molar-refractivity contribution in [2.45, 2.75) is 132 Å². The summed E-state index contributed by atoms with van der Waals surface area (Å²) in [4.78, 5) is 102. The Labute approximate surface area is 555 Å². The highest BCUT2D eigenvalue weighted by molar-refractivity contribution is 6.45. The molecule has 9 aromatic carbocycles. The van der Waals surface area contributed by atoms with Crippen LogP contribution in [0.3, 0.4) is 0 Å². The molecule has 4 heterocycles. The number of ether oxygens (including phenoxy) is 4. The number of nitrogens with zero attached hydrogens (tertiary/aromatic N) is 4. The van der Waals surface area contributed by atoms with Crippen LogP contribution in [-0.2, 0) is 22.4 Å². The molecule has 2 aromatic heterocycles. The highest BCUT2D eigenvalue weighted by Gasteiger charge is 2.46. The number of fused-ring (bicyclic) bond motifs is 2. The van der Waals surface area contributed by atoms with Gasteiger partial charge >= 0.3 is 11.9 Å². The summed E-state index contributed by atoms with van der Waals surface area (Å²) < 4.78 is 29.4. The molecule has 0 saturated carbocycles. The zero-order valence-corrected chi connectivity index (χ0v) is 55.5. The number of hydrogen-bond donors (Lipinski definition) is 2. The molecule has 96 heavy (non-hydrogen) atoms. The molecule has 4 amide bonds. The number of hydrogen-bond acceptors (Lipinski definition) is 12.